The van der Waals surface area contributed by atoms with Crippen LogP contribution in [0.1, 0.15) is 77.0 Å². The van der Waals surface area contributed by atoms with Gasteiger partial charge in [-0.3, -0.25) is 9.11 Å². The van der Waals surface area contributed by atoms with E-state index in [1.54, 1.807) is 0 Å². The maximum atomic E-state index is 12.2. The van der Waals surface area contributed by atoms with E-state index < -0.39 is 66.1 Å². The summed E-state index contributed by atoms with van der Waals surface area (Å²) in [6.45, 7) is 7.37. The first-order valence-electron chi connectivity index (χ1n) is 16.0. The predicted molar refractivity (Wildman–Crippen MR) is 165 cm³/mol. The average molecular weight is 709 g/mol. The van der Waals surface area contributed by atoms with Gasteiger partial charge in [-0.25, -0.2) is 11.8 Å². The number of rotatable bonds is 9. The smallest absolute Gasteiger partial charge is 0.269 e. The molecule has 5 saturated carbocycles. The van der Waals surface area contributed by atoms with E-state index in [9.17, 15) is 31.0 Å². The van der Waals surface area contributed by atoms with Gasteiger partial charge in [0.2, 0.25) is 6.04 Å². The Labute approximate surface area is 273 Å². The van der Waals surface area contributed by atoms with Crippen LogP contribution in [-0.2, 0) is 29.6 Å². The third kappa shape index (κ3) is 8.26. The van der Waals surface area contributed by atoms with Gasteiger partial charge in [-0.2, -0.15) is 37.3 Å². The highest BCUT2D eigenvalue weighted by atomic mass is 32.2. The fraction of sp³-hybridized carbons (Fsp3) is 0.963. The van der Waals surface area contributed by atoms with Crippen molar-refractivity contribution < 1.29 is 45.7 Å². The number of azo groups is 2. The summed E-state index contributed by atoms with van der Waals surface area (Å²) in [4.78, 5) is 3.68. The zero-order valence-corrected chi connectivity index (χ0v) is 27.8. The molecule has 0 aromatic heterocycles. The number of nitrogens with two attached hydrogens (primary N) is 1. The SMILES string of the molecule is [C-]#[N+]C1CCCC(N=NC2CCC(N=NC3C(SOOO)CC4CC(S(=O)(=O)O)C(N)CC4C3O)C3CC(S(=O)(=O)O)CCC23)C1. The van der Waals surface area contributed by atoms with Crippen LogP contribution in [0.5, 0.6) is 0 Å². The summed E-state index contributed by atoms with van der Waals surface area (Å²) in [6, 6.07) is -2.32. The summed E-state index contributed by atoms with van der Waals surface area (Å²) in [7, 11) is -8.68. The largest absolute Gasteiger partial charge is 0.390 e. The molecule has 6 N–H and O–H groups in total. The van der Waals surface area contributed by atoms with E-state index in [4.69, 9.17) is 27.0 Å². The second-order valence-corrected chi connectivity index (χ2v) is 17.9. The Morgan fingerprint density at radius 2 is 1.52 bits per heavy atom. The van der Waals surface area contributed by atoms with Crippen molar-refractivity contribution in [1.29, 1.82) is 0 Å². The lowest BCUT2D eigenvalue weighted by Gasteiger charge is -2.48. The van der Waals surface area contributed by atoms with Crippen LogP contribution in [0.25, 0.3) is 4.85 Å². The quantitative estimate of drug-likeness (QED) is 0.0577. The predicted octanol–water partition coefficient (Wildman–Crippen LogP) is 3.51. The maximum Gasteiger partial charge on any atom is 0.269 e. The summed E-state index contributed by atoms with van der Waals surface area (Å²) in [6.07, 6.45) is 4.97. The van der Waals surface area contributed by atoms with Gasteiger partial charge in [0.25, 0.3) is 20.2 Å². The number of hydrogen-bond acceptors (Lipinski definition) is 14. The first kappa shape index (κ1) is 36.0. The van der Waals surface area contributed by atoms with Crippen LogP contribution in [0.4, 0.5) is 0 Å². The van der Waals surface area contributed by atoms with Gasteiger partial charge in [0, 0.05) is 30.9 Å². The van der Waals surface area contributed by atoms with E-state index in [2.05, 4.69) is 25.2 Å². The summed E-state index contributed by atoms with van der Waals surface area (Å²) in [5.41, 5.74) is 6.12. The van der Waals surface area contributed by atoms with Crippen LogP contribution in [0.3, 0.4) is 0 Å². The van der Waals surface area contributed by atoms with E-state index >= 15 is 0 Å². The van der Waals surface area contributed by atoms with Crippen molar-refractivity contribution in [3.8, 4) is 0 Å². The Kier molecular flexibility index (Phi) is 11.8. The van der Waals surface area contributed by atoms with Gasteiger partial charge < -0.3 is 15.7 Å². The lowest BCUT2D eigenvalue weighted by Crippen LogP contribution is -2.57. The molecule has 5 rings (SSSR count). The van der Waals surface area contributed by atoms with Crippen molar-refractivity contribution in [3.63, 3.8) is 0 Å². The minimum Gasteiger partial charge on any atom is -0.390 e. The molecule has 260 valence electrons. The van der Waals surface area contributed by atoms with Crippen LogP contribution >= 0.6 is 12.0 Å². The van der Waals surface area contributed by atoms with E-state index in [0.717, 1.165) is 31.3 Å². The summed E-state index contributed by atoms with van der Waals surface area (Å²) in [5, 5.41) is 40.0. The van der Waals surface area contributed by atoms with Crippen molar-refractivity contribution in [2.75, 3.05) is 0 Å². The van der Waals surface area contributed by atoms with Gasteiger partial charge in [0.15, 0.2) is 0 Å². The summed E-state index contributed by atoms with van der Waals surface area (Å²) in [5.74, 6) is -1.06. The molecule has 14 atom stereocenters. The van der Waals surface area contributed by atoms with Crippen molar-refractivity contribution >= 4 is 32.3 Å². The van der Waals surface area contributed by atoms with Crippen LogP contribution < -0.4 is 5.73 Å². The lowest BCUT2D eigenvalue weighted by molar-refractivity contribution is -0.432. The second-order valence-electron chi connectivity index (χ2n) is 13.7. The summed E-state index contributed by atoms with van der Waals surface area (Å²) >= 11 is 0.722. The zero-order valence-electron chi connectivity index (χ0n) is 25.3. The Balaban J connectivity index is 1.34. The van der Waals surface area contributed by atoms with Crippen LogP contribution in [-0.4, -0.2) is 94.4 Å². The minimum absolute atomic E-state index is 0.00490. The van der Waals surface area contributed by atoms with Gasteiger partial charge in [-0.15, -0.1) is 4.33 Å². The fourth-order valence-electron chi connectivity index (χ4n) is 8.70. The monoisotopic (exact) mass is 708 g/mol. The molecule has 19 heteroatoms. The van der Waals surface area contributed by atoms with Gasteiger partial charge in [0.1, 0.15) is 11.3 Å². The highest BCUT2D eigenvalue weighted by Gasteiger charge is 2.52. The van der Waals surface area contributed by atoms with E-state index in [0.29, 0.717) is 38.5 Å². The minimum atomic E-state index is -4.40. The van der Waals surface area contributed by atoms with Crippen molar-refractivity contribution in [3.05, 3.63) is 11.4 Å². The van der Waals surface area contributed by atoms with Crippen LogP contribution in [0.15, 0.2) is 20.5 Å². The third-order valence-corrected chi connectivity index (χ3v) is 14.5. The van der Waals surface area contributed by atoms with Gasteiger partial charge >= 0.3 is 0 Å². The van der Waals surface area contributed by atoms with Crippen LogP contribution in [0.2, 0.25) is 0 Å². The highest BCUT2D eigenvalue weighted by molar-refractivity contribution is 7.95. The van der Waals surface area contributed by atoms with Gasteiger partial charge in [-0.05, 0) is 87.9 Å². The molecule has 0 spiro atoms. The molecule has 14 unspecified atom stereocenters. The van der Waals surface area contributed by atoms with E-state index in [1.807, 2.05) is 0 Å². The zero-order chi connectivity index (χ0) is 33.2. The molecule has 5 aliphatic carbocycles. The van der Waals surface area contributed by atoms with Crippen molar-refractivity contribution in [2.24, 2.45) is 49.9 Å². The topological polar surface area (TPSA) is 247 Å². The van der Waals surface area contributed by atoms with Crippen LogP contribution in [0, 0.1) is 30.2 Å². The Bertz CT molecular complexity index is 1380. The molecule has 0 aliphatic heterocycles. The number of aliphatic hydroxyl groups excluding tert-OH is 1. The molecule has 5 fully saturated rings. The van der Waals surface area contributed by atoms with Gasteiger partial charge in [-0.1, -0.05) is 5.04 Å². The molecule has 0 heterocycles. The Morgan fingerprint density at radius 3 is 2.20 bits per heavy atom. The molecule has 0 saturated heterocycles. The number of fused-ring (bicyclic) bond motifs is 2. The molecule has 0 amide bonds. The van der Waals surface area contributed by atoms with Gasteiger partial charge in [0.05, 0.1) is 34.7 Å². The highest BCUT2D eigenvalue weighted by Crippen LogP contribution is 2.48. The second kappa shape index (κ2) is 15.0. The molecule has 46 heavy (non-hydrogen) atoms. The fourth-order valence-corrected chi connectivity index (χ4v) is 11.4. The van der Waals surface area contributed by atoms with Crippen molar-refractivity contribution in [1.82, 2.24) is 0 Å². The molecular formula is C27H44N6O10S3. The summed E-state index contributed by atoms with van der Waals surface area (Å²) < 4.78 is 72.5. The normalized spacial score (nSPS) is 44.0. The standard InChI is InChI=1S/C27H44N6O10S3/c1-29-15-3-2-4-16(11-15)30-31-22-7-8-23(20-12-17(45(36,37)38)5-6-18(20)22)32-33-26-24(44-43-42-35)9-14-10-25(46(39,40)41)21(28)13-19(14)27(26)34/h14-27,34-35H,2-13,28H2,(H,36,37,38)(H,39,40,41). The number of hydrogen-bond donors (Lipinski definition) is 5. The molecule has 0 aromatic carbocycles. The maximum absolute atomic E-state index is 12.2. The first-order chi connectivity index (χ1) is 21.8. The molecular weight excluding hydrogens is 665 g/mol. The average Bonchev–Trinajstić information content (AvgIpc) is 3.01. The van der Waals surface area contributed by atoms with E-state index in [-0.39, 0.29) is 55.1 Å². The molecule has 16 nitrogen and oxygen atoms in total. The molecule has 0 aromatic rings. The van der Waals surface area contributed by atoms with E-state index in [1.165, 1.54) is 0 Å². The number of aliphatic hydroxyl groups is 1. The first-order valence-corrected chi connectivity index (χ1v) is 19.8. The number of nitrogens with zero attached hydrogens (tertiary/aromatic N) is 5. The molecule has 0 radical (unpaired) electrons. The van der Waals surface area contributed by atoms with Crippen molar-refractivity contribution in [2.45, 2.75) is 135 Å². The Hall–Kier alpha value is -1.34. The third-order valence-electron chi connectivity index (χ3n) is 11.0. The lowest BCUT2D eigenvalue weighted by atomic mass is 9.66. The molecule has 5 aliphatic rings. The molecule has 0 bridgehead atoms. The Morgan fingerprint density at radius 1 is 0.804 bits per heavy atom.